The van der Waals surface area contributed by atoms with E-state index < -0.39 is 4.32 Å². The van der Waals surface area contributed by atoms with Gasteiger partial charge in [0.1, 0.15) is 0 Å². The zero-order chi connectivity index (χ0) is 12.2. The molecule has 0 aromatic heterocycles. The van der Waals surface area contributed by atoms with Gasteiger partial charge in [0.25, 0.3) is 0 Å². The van der Waals surface area contributed by atoms with Crippen LogP contribution in [0.3, 0.4) is 0 Å². The van der Waals surface area contributed by atoms with E-state index in [0.29, 0.717) is 6.54 Å². The summed E-state index contributed by atoms with van der Waals surface area (Å²) in [5.41, 5.74) is 1.83. The Bertz CT molecular complexity index is 372. The maximum atomic E-state index is 11.6. The predicted octanol–water partition coefficient (Wildman–Crippen LogP) is 1.97. The van der Waals surface area contributed by atoms with Gasteiger partial charge in [-0.05, 0) is 25.0 Å². The molecule has 88 valence electrons. The van der Waals surface area contributed by atoms with Crippen molar-refractivity contribution in [3.63, 3.8) is 0 Å². The first-order valence-corrected chi connectivity index (χ1v) is 5.88. The van der Waals surface area contributed by atoms with Crippen LogP contribution in [0.5, 0.6) is 0 Å². The summed E-state index contributed by atoms with van der Waals surface area (Å²) >= 11 is 3.29. The highest BCUT2D eigenvalue weighted by atomic mass is 79.9. The van der Waals surface area contributed by atoms with Crippen LogP contribution in [0, 0.1) is 0 Å². The molecule has 0 atom stereocenters. The molecule has 0 bridgehead atoms. The van der Waals surface area contributed by atoms with E-state index in [2.05, 4.69) is 21.2 Å². The molecule has 0 aliphatic carbocycles. The van der Waals surface area contributed by atoms with Gasteiger partial charge in [0.15, 0.2) is 0 Å². The maximum Gasteiger partial charge on any atom is 0.236 e. The van der Waals surface area contributed by atoms with E-state index in [0.717, 1.165) is 11.1 Å². The fraction of sp³-hybridized carbons (Fsp3) is 0.417. The van der Waals surface area contributed by atoms with Crippen LogP contribution >= 0.6 is 15.9 Å². The molecule has 3 nitrogen and oxygen atoms in total. The molecule has 0 heterocycles. The molecular weight excluding hydrogens is 270 g/mol. The molecular formula is C12H16BrNO2. The summed E-state index contributed by atoms with van der Waals surface area (Å²) in [5.74, 6) is -0.0538. The van der Waals surface area contributed by atoms with Crippen LogP contribution in [0.15, 0.2) is 24.3 Å². The average molecular weight is 286 g/mol. The molecule has 0 unspecified atom stereocenters. The molecule has 1 aromatic rings. The van der Waals surface area contributed by atoms with Gasteiger partial charge in [-0.25, -0.2) is 0 Å². The van der Waals surface area contributed by atoms with Gasteiger partial charge in [-0.1, -0.05) is 40.2 Å². The molecule has 1 amide bonds. The highest BCUT2D eigenvalue weighted by Gasteiger charge is 2.22. The first-order valence-electron chi connectivity index (χ1n) is 5.09. The Morgan fingerprint density at radius 2 is 2.06 bits per heavy atom. The van der Waals surface area contributed by atoms with Gasteiger partial charge in [-0.15, -0.1) is 0 Å². The fourth-order valence-electron chi connectivity index (χ4n) is 1.23. The zero-order valence-corrected chi connectivity index (χ0v) is 11.0. The molecule has 0 fully saturated rings. The lowest BCUT2D eigenvalue weighted by molar-refractivity contribution is -0.122. The summed E-state index contributed by atoms with van der Waals surface area (Å²) in [7, 11) is 0. The van der Waals surface area contributed by atoms with Crippen molar-refractivity contribution in [3.05, 3.63) is 35.4 Å². The van der Waals surface area contributed by atoms with Crippen molar-refractivity contribution in [2.75, 3.05) is 0 Å². The normalized spacial score (nSPS) is 11.2. The minimum atomic E-state index is -0.554. The quantitative estimate of drug-likeness (QED) is 0.831. The number of carbonyl (C=O) groups excluding carboxylic acids is 1. The van der Waals surface area contributed by atoms with Crippen LogP contribution in [-0.2, 0) is 17.9 Å². The standard InChI is InChI=1S/C12H16BrNO2/c1-12(2,13)11(16)14-7-9-4-3-5-10(6-9)8-15/h3-6,15H,7-8H2,1-2H3,(H,14,16). The number of hydrogen-bond donors (Lipinski definition) is 2. The molecule has 0 saturated heterocycles. The number of benzene rings is 1. The first-order chi connectivity index (χ1) is 7.43. The van der Waals surface area contributed by atoms with Crippen molar-refractivity contribution in [3.8, 4) is 0 Å². The summed E-state index contributed by atoms with van der Waals surface area (Å²) in [6.45, 7) is 4.09. The number of halogens is 1. The van der Waals surface area contributed by atoms with Crippen LogP contribution in [0.1, 0.15) is 25.0 Å². The van der Waals surface area contributed by atoms with Gasteiger partial charge in [-0.2, -0.15) is 0 Å². The Morgan fingerprint density at radius 3 is 2.62 bits per heavy atom. The molecule has 0 aliphatic rings. The predicted molar refractivity (Wildman–Crippen MR) is 67.2 cm³/mol. The smallest absolute Gasteiger partial charge is 0.236 e. The second-order valence-electron chi connectivity index (χ2n) is 4.13. The average Bonchev–Trinajstić information content (AvgIpc) is 2.25. The van der Waals surface area contributed by atoms with E-state index in [1.165, 1.54) is 0 Å². The van der Waals surface area contributed by atoms with Crippen molar-refractivity contribution in [1.82, 2.24) is 5.32 Å². The number of carbonyl (C=O) groups is 1. The number of rotatable bonds is 4. The van der Waals surface area contributed by atoms with Crippen LogP contribution in [0.2, 0.25) is 0 Å². The van der Waals surface area contributed by atoms with E-state index in [1.807, 2.05) is 24.3 Å². The third kappa shape index (κ3) is 3.94. The van der Waals surface area contributed by atoms with Gasteiger partial charge >= 0.3 is 0 Å². The second-order valence-corrected chi connectivity index (χ2v) is 6.12. The highest BCUT2D eigenvalue weighted by molar-refractivity contribution is 9.10. The Hall–Kier alpha value is -0.870. The monoisotopic (exact) mass is 285 g/mol. The van der Waals surface area contributed by atoms with Crippen molar-refractivity contribution in [2.24, 2.45) is 0 Å². The summed E-state index contributed by atoms with van der Waals surface area (Å²) in [5, 5.41) is 11.8. The molecule has 0 spiro atoms. The van der Waals surface area contributed by atoms with E-state index in [-0.39, 0.29) is 12.5 Å². The van der Waals surface area contributed by atoms with Gasteiger partial charge in [0, 0.05) is 6.54 Å². The number of hydrogen-bond acceptors (Lipinski definition) is 2. The first kappa shape index (κ1) is 13.2. The fourth-order valence-corrected chi connectivity index (χ4v) is 1.37. The van der Waals surface area contributed by atoms with Gasteiger partial charge in [0.2, 0.25) is 5.91 Å². The third-order valence-corrected chi connectivity index (χ3v) is 2.53. The zero-order valence-electron chi connectivity index (χ0n) is 9.46. The summed E-state index contributed by atoms with van der Waals surface area (Å²) in [6.07, 6.45) is 0. The Labute approximate surface area is 104 Å². The lowest BCUT2D eigenvalue weighted by atomic mass is 10.1. The minimum absolute atomic E-state index is 0.0196. The number of amides is 1. The largest absolute Gasteiger partial charge is 0.392 e. The molecule has 16 heavy (non-hydrogen) atoms. The van der Waals surface area contributed by atoms with Crippen molar-refractivity contribution < 1.29 is 9.90 Å². The van der Waals surface area contributed by atoms with E-state index in [9.17, 15) is 4.79 Å². The third-order valence-electron chi connectivity index (χ3n) is 2.17. The summed E-state index contributed by atoms with van der Waals surface area (Å²) < 4.78 is -0.554. The van der Waals surface area contributed by atoms with Gasteiger partial charge in [0.05, 0.1) is 10.9 Å². The summed E-state index contributed by atoms with van der Waals surface area (Å²) in [6, 6.07) is 7.51. The molecule has 4 heteroatoms. The second kappa shape index (κ2) is 5.46. The number of nitrogens with one attached hydrogen (secondary N) is 1. The van der Waals surface area contributed by atoms with E-state index in [4.69, 9.17) is 5.11 Å². The molecule has 0 radical (unpaired) electrons. The number of aliphatic hydroxyl groups is 1. The molecule has 1 aromatic carbocycles. The SMILES string of the molecule is CC(C)(Br)C(=O)NCc1cccc(CO)c1. The Kier molecular flexibility index (Phi) is 4.50. The van der Waals surface area contributed by atoms with Crippen LogP contribution in [-0.4, -0.2) is 15.3 Å². The van der Waals surface area contributed by atoms with Crippen molar-refractivity contribution in [1.29, 1.82) is 0 Å². The topological polar surface area (TPSA) is 49.3 Å². The lowest BCUT2D eigenvalue weighted by Crippen LogP contribution is -2.37. The van der Waals surface area contributed by atoms with Gasteiger partial charge in [-0.3, -0.25) is 4.79 Å². The molecule has 2 N–H and O–H groups in total. The minimum Gasteiger partial charge on any atom is -0.392 e. The Morgan fingerprint density at radius 1 is 1.44 bits per heavy atom. The number of alkyl halides is 1. The van der Waals surface area contributed by atoms with Crippen LogP contribution < -0.4 is 5.32 Å². The summed E-state index contributed by atoms with van der Waals surface area (Å²) in [4.78, 5) is 11.6. The molecule has 0 aliphatic heterocycles. The van der Waals surface area contributed by atoms with Crippen molar-refractivity contribution >= 4 is 21.8 Å². The van der Waals surface area contributed by atoms with Crippen LogP contribution in [0.25, 0.3) is 0 Å². The van der Waals surface area contributed by atoms with Crippen LogP contribution in [0.4, 0.5) is 0 Å². The molecule has 1 rings (SSSR count). The van der Waals surface area contributed by atoms with Gasteiger partial charge < -0.3 is 10.4 Å². The lowest BCUT2D eigenvalue weighted by Gasteiger charge is -2.15. The number of aliphatic hydroxyl groups excluding tert-OH is 1. The molecule has 0 saturated carbocycles. The van der Waals surface area contributed by atoms with Crippen molar-refractivity contribution in [2.45, 2.75) is 31.3 Å². The highest BCUT2D eigenvalue weighted by Crippen LogP contribution is 2.15. The van der Waals surface area contributed by atoms with E-state index in [1.54, 1.807) is 13.8 Å². The van der Waals surface area contributed by atoms with E-state index >= 15 is 0 Å². The maximum absolute atomic E-state index is 11.6. The Balaban J connectivity index is 2.58.